The fraction of sp³-hybridized carbons (Fsp3) is 0.455. The van der Waals surface area contributed by atoms with E-state index < -0.39 is 14.9 Å². The molecule has 3 N–H and O–H groups in total. The Hall–Kier alpha value is -0.620. The van der Waals surface area contributed by atoms with Crippen LogP contribution in [0.2, 0.25) is 0 Å². The Kier molecular flexibility index (Phi) is 3.20. The minimum absolute atomic E-state index is 0.0177. The van der Waals surface area contributed by atoms with Crippen LogP contribution in [-0.2, 0) is 21.4 Å². The molecule has 2 rings (SSSR count). The van der Waals surface area contributed by atoms with Crippen molar-refractivity contribution in [2.24, 2.45) is 5.73 Å². The Balaban J connectivity index is 2.04. The number of hydrogen-bond donors (Lipinski definition) is 2. The van der Waals surface area contributed by atoms with Gasteiger partial charge in [0.15, 0.2) is 0 Å². The highest BCUT2D eigenvalue weighted by molar-refractivity contribution is 7.88. The van der Waals surface area contributed by atoms with E-state index in [2.05, 4.69) is 4.72 Å². The maximum Gasteiger partial charge on any atom is 0.209 e. The summed E-state index contributed by atoms with van der Waals surface area (Å²) < 4.78 is 24.3. The molecule has 1 aromatic rings. The van der Waals surface area contributed by atoms with Crippen molar-refractivity contribution in [1.82, 2.24) is 4.72 Å². The first-order chi connectivity index (χ1) is 7.81. The minimum atomic E-state index is -3.15. The number of sulfonamides is 1. The second-order valence-electron chi connectivity index (χ2n) is 4.46. The van der Waals surface area contributed by atoms with Gasteiger partial charge in [-0.2, -0.15) is 0 Å². The lowest BCUT2D eigenvalue weighted by atomic mass is 10.1. The quantitative estimate of drug-likeness (QED) is 0.802. The average molecular weight is 275 g/mol. The predicted molar refractivity (Wildman–Crippen MR) is 68.2 cm³/mol. The number of hydrogen-bond acceptors (Lipinski definition) is 3. The maximum atomic E-state index is 10.9. The fourth-order valence-corrected chi connectivity index (χ4v) is 2.43. The number of benzene rings is 1. The molecule has 4 nitrogen and oxygen atoms in total. The minimum Gasteiger partial charge on any atom is -0.326 e. The molecular weight excluding hydrogens is 260 g/mol. The van der Waals surface area contributed by atoms with Crippen molar-refractivity contribution in [3.63, 3.8) is 0 Å². The number of rotatable bonds is 4. The lowest BCUT2D eigenvalue weighted by molar-refractivity contribution is 0.587. The first-order valence-corrected chi connectivity index (χ1v) is 7.57. The van der Waals surface area contributed by atoms with Crippen LogP contribution in [0.5, 0.6) is 0 Å². The summed E-state index contributed by atoms with van der Waals surface area (Å²) in [6.07, 6.45) is 1.92. The summed E-state index contributed by atoms with van der Waals surface area (Å²) >= 11 is 6.29. The van der Waals surface area contributed by atoms with Gasteiger partial charge in [0.1, 0.15) is 0 Å². The molecule has 0 amide bonds. The number of halogens is 1. The summed E-state index contributed by atoms with van der Waals surface area (Å²) in [5.74, 6) is 0. The van der Waals surface area contributed by atoms with Crippen molar-refractivity contribution in [3.05, 3.63) is 35.4 Å². The van der Waals surface area contributed by atoms with Gasteiger partial charge in [-0.15, -0.1) is 11.6 Å². The summed E-state index contributed by atoms with van der Waals surface area (Å²) in [4.78, 5) is -0.414. The van der Waals surface area contributed by atoms with Gasteiger partial charge in [-0.25, -0.2) is 13.1 Å². The molecular formula is C11H15ClN2O2S. The van der Waals surface area contributed by atoms with E-state index in [0.29, 0.717) is 6.54 Å². The molecule has 0 aliphatic heterocycles. The van der Waals surface area contributed by atoms with Crippen LogP contribution in [0, 0.1) is 0 Å². The van der Waals surface area contributed by atoms with Crippen LogP contribution in [-0.4, -0.2) is 20.7 Å². The van der Waals surface area contributed by atoms with E-state index in [-0.39, 0.29) is 6.04 Å². The van der Waals surface area contributed by atoms with E-state index in [1.165, 1.54) is 0 Å². The highest BCUT2D eigenvalue weighted by Crippen LogP contribution is 2.50. The molecule has 0 saturated heterocycles. The van der Waals surface area contributed by atoms with E-state index in [0.717, 1.165) is 23.8 Å². The van der Waals surface area contributed by atoms with Gasteiger partial charge in [0.05, 0.1) is 11.1 Å². The van der Waals surface area contributed by atoms with E-state index in [1.54, 1.807) is 0 Å². The lowest BCUT2D eigenvalue weighted by Crippen LogP contribution is -2.21. The second kappa shape index (κ2) is 4.24. The monoisotopic (exact) mass is 274 g/mol. The van der Waals surface area contributed by atoms with Crippen LogP contribution in [0.4, 0.5) is 0 Å². The Morgan fingerprint density at radius 1 is 1.47 bits per heavy atom. The maximum absolute atomic E-state index is 10.9. The molecule has 94 valence electrons. The predicted octanol–water partition coefficient (Wildman–Crippen LogP) is 0.901. The topological polar surface area (TPSA) is 72.2 Å². The molecule has 0 radical (unpaired) electrons. The van der Waals surface area contributed by atoms with Crippen LogP contribution < -0.4 is 10.5 Å². The van der Waals surface area contributed by atoms with E-state index in [9.17, 15) is 8.42 Å². The van der Waals surface area contributed by atoms with Crippen molar-refractivity contribution in [1.29, 1.82) is 0 Å². The molecule has 0 bridgehead atoms. The van der Waals surface area contributed by atoms with Gasteiger partial charge >= 0.3 is 0 Å². The van der Waals surface area contributed by atoms with Crippen molar-refractivity contribution < 1.29 is 8.42 Å². The number of nitrogens with one attached hydrogen (secondary N) is 1. The van der Waals surface area contributed by atoms with Crippen LogP contribution in [0.15, 0.2) is 24.3 Å². The van der Waals surface area contributed by atoms with Gasteiger partial charge in [0.25, 0.3) is 0 Å². The molecule has 17 heavy (non-hydrogen) atoms. The molecule has 0 heterocycles. The molecule has 0 aromatic heterocycles. The molecule has 1 aliphatic carbocycles. The van der Waals surface area contributed by atoms with E-state index >= 15 is 0 Å². The van der Waals surface area contributed by atoms with Crippen LogP contribution in [0.25, 0.3) is 0 Å². The van der Waals surface area contributed by atoms with Crippen molar-refractivity contribution >= 4 is 21.6 Å². The summed E-state index contributed by atoms with van der Waals surface area (Å²) in [6, 6.07) is 7.55. The molecule has 1 aliphatic rings. The fourth-order valence-electron chi connectivity index (χ4n) is 1.71. The first kappa shape index (κ1) is 12.8. The average Bonchev–Trinajstić information content (AvgIpc) is 2.85. The third-order valence-electron chi connectivity index (χ3n) is 2.92. The van der Waals surface area contributed by atoms with Gasteiger partial charge in [-0.1, -0.05) is 24.3 Å². The van der Waals surface area contributed by atoms with Gasteiger partial charge in [-0.3, -0.25) is 0 Å². The summed E-state index contributed by atoms with van der Waals surface area (Å²) in [5, 5.41) is 0. The molecule has 1 aromatic carbocycles. The smallest absolute Gasteiger partial charge is 0.209 e. The zero-order chi connectivity index (χ0) is 12.7. The Morgan fingerprint density at radius 3 is 2.41 bits per heavy atom. The zero-order valence-electron chi connectivity index (χ0n) is 9.48. The Labute approximate surface area is 106 Å². The van der Waals surface area contributed by atoms with Crippen LogP contribution in [0.1, 0.15) is 17.5 Å². The summed E-state index contributed by atoms with van der Waals surface area (Å²) in [6.45, 7) is 0.292. The second-order valence-corrected chi connectivity index (χ2v) is 6.97. The molecule has 1 fully saturated rings. The largest absolute Gasteiger partial charge is 0.326 e. The molecule has 0 spiro atoms. The normalized spacial score (nSPS) is 28.1. The Bertz CT molecular complexity index is 515. The Morgan fingerprint density at radius 2 is 2.00 bits per heavy atom. The van der Waals surface area contributed by atoms with Crippen molar-refractivity contribution in [2.75, 3.05) is 6.26 Å². The van der Waals surface area contributed by atoms with Gasteiger partial charge < -0.3 is 5.73 Å². The summed E-state index contributed by atoms with van der Waals surface area (Å²) in [5.41, 5.74) is 7.66. The first-order valence-electron chi connectivity index (χ1n) is 5.30. The van der Waals surface area contributed by atoms with Crippen molar-refractivity contribution in [3.8, 4) is 0 Å². The SMILES string of the molecule is CS(=O)(=O)NCc1ccc(C2(Cl)CC2N)cc1. The lowest BCUT2D eigenvalue weighted by Gasteiger charge is -2.09. The number of alkyl halides is 1. The van der Waals surface area contributed by atoms with Gasteiger partial charge in [0.2, 0.25) is 10.0 Å². The zero-order valence-corrected chi connectivity index (χ0v) is 11.1. The van der Waals surface area contributed by atoms with Gasteiger partial charge in [-0.05, 0) is 17.5 Å². The standard InChI is InChI=1S/C11H15ClN2O2S/c1-17(15,16)14-7-8-2-4-9(5-3-8)11(12)6-10(11)13/h2-5,10,14H,6-7,13H2,1H3. The molecule has 1 saturated carbocycles. The third-order valence-corrected chi connectivity index (χ3v) is 4.24. The third kappa shape index (κ3) is 2.98. The molecule has 2 unspecified atom stereocenters. The highest BCUT2D eigenvalue weighted by atomic mass is 35.5. The molecule has 6 heteroatoms. The van der Waals surface area contributed by atoms with Crippen molar-refractivity contribution in [2.45, 2.75) is 23.9 Å². The summed E-state index contributed by atoms with van der Waals surface area (Å²) in [7, 11) is -3.15. The van der Waals surface area contributed by atoms with E-state index in [4.69, 9.17) is 17.3 Å². The van der Waals surface area contributed by atoms with Gasteiger partial charge in [0, 0.05) is 12.6 Å². The number of nitrogens with two attached hydrogens (primary N) is 1. The van der Waals surface area contributed by atoms with Crippen LogP contribution >= 0.6 is 11.6 Å². The highest BCUT2D eigenvalue weighted by Gasteiger charge is 2.51. The molecule has 2 atom stereocenters. The van der Waals surface area contributed by atoms with Crippen LogP contribution in [0.3, 0.4) is 0 Å². The van der Waals surface area contributed by atoms with E-state index in [1.807, 2.05) is 24.3 Å².